The van der Waals surface area contributed by atoms with Gasteiger partial charge < -0.3 is 0 Å². The van der Waals surface area contributed by atoms with Gasteiger partial charge in [-0.05, 0) is 22.3 Å². The van der Waals surface area contributed by atoms with Gasteiger partial charge in [0.05, 0.1) is 16.8 Å². The number of thiazole rings is 2. The minimum atomic E-state index is 1.17. The molecule has 0 fully saturated rings. The van der Waals surface area contributed by atoms with Crippen LogP contribution in [0.1, 0.15) is 0 Å². The molecule has 28 heavy (non-hydrogen) atoms. The lowest BCUT2D eigenvalue weighted by atomic mass is 9.99. The summed E-state index contributed by atoms with van der Waals surface area (Å²) < 4.78 is 4.34. The van der Waals surface area contributed by atoms with Crippen LogP contribution in [0.3, 0.4) is 0 Å². The first-order valence-electron chi connectivity index (χ1n) is 9.05. The molecule has 5 aromatic rings. The van der Waals surface area contributed by atoms with Gasteiger partial charge in [0.1, 0.15) is 0 Å². The molecule has 5 rings (SSSR count). The maximum absolute atomic E-state index is 2.25. The molecule has 0 bridgehead atoms. The monoisotopic (exact) mass is 398 g/mol. The minimum absolute atomic E-state index is 1.17. The lowest BCUT2D eigenvalue weighted by molar-refractivity contribution is -0.598. The van der Waals surface area contributed by atoms with Crippen molar-refractivity contribution >= 4 is 22.7 Å². The van der Waals surface area contributed by atoms with Crippen LogP contribution in [0.5, 0.6) is 0 Å². The van der Waals surface area contributed by atoms with Crippen LogP contribution in [0.15, 0.2) is 107 Å². The fourth-order valence-electron chi connectivity index (χ4n) is 3.31. The summed E-state index contributed by atoms with van der Waals surface area (Å²) in [5, 5.41) is 4.19. The Hall–Kier alpha value is -3.08. The largest absolute Gasteiger partial charge is 0.230 e. The number of nitrogens with zero attached hydrogens (tertiary/aromatic N) is 2. The van der Waals surface area contributed by atoms with E-state index in [1.54, 1.807) is 22.7 Å². The second kappa shape index (κ2) is 7.50. The van der Waals surface area contributed by atoms with Gasteiger partial charge in [0.2, 0.25) is 22.4 Å². The molecule has 0 saturated heterocycles. The van der Waals surface area contributed by atoms with Crippen molar-refractivity contribution in [2.24, 2.45) is 0 Å². The van der Waals surface area contributed by atoms with Crippen molar-refractivity contribution in [2.45, 2.75) is 0 Å². The van der Waals surface area contributed by atoms with Crippen LogP contribution in [0.25, 0.3) is 33.6 Å². The number of rotatable bonds is 4. The summed E-state index contributed by atoms with van der Waals surface area (Å²) in [5.41, 5.74) is 11.5. The summed E-state index contributed by atoms with van der Waals surface area (Å²) >= 11 is 3.39. The Morgan fingerprint density at radius 1 is 0.500 bits per heavy atom. The lowest BCUT2D eigenvalue weighted by Crippen LogP contribution is -2.30. The van der Waals surface area contributed by atoms with Gasteiger partial charge in [0.15, 0.2) is 12.4 Å². The molecule has 0 unspecified atom stereocenters. The smallest absolute Gasteiger partial charge is 0.157 e. The standard InChI is InChI=1S/C24H18N2S2/c1-2-4-19(5-3-1)20-6-8-21(9-7-20)22-14-23(25-10-12-27-17-25)16-24(15-22)26-11-13-28-18-26/h1-18H/q+2. The number of hydrogen-bond donors (Lipinski definition) is 0. The van der Waals surface area contributed by atoms with Crippen LogP contribution in [0.4, 0.5) is 0 Å². The SMILES string of the molecule is c1ccc(-c2ccc(-c3cc(-[n+]4ccsc4)cc(-[n+]4ccsc4)c3)cc2)cc1. The van der Waals surface area contributed by atoms with Gasteiger partial charge in [-0.15, -0.1) is 0 Å². The molecule has 0 spiro atoms. The van der Waals surface area contributed by atoms with Crippen molar-refractivity contribution < 1.29 is 9.13 Å². The molecular weight excluding hydrogens is 380 g/mol. The normalized spacial score (nSPS) is 10.9. The molecule has 2 aromatic heterocycles. The minimum Gasteiger partial charge on any atom is -0.157 e. The Balaban J connectivity index is 1.59. The van der Waals surface area contributed by atoms with Crippen molar-refractivity contribution in [1.29, 1.82) is 0 Å². The van der Waals surface area contributed by atoms with E-state index < -0.39 is 0 Å². The number of benzene rings is 3. The molecular formula is C24H18N2S2+2. The van der Waals surface area contributed by atoms with Gasteiger partial charge in [0.25, 0.3) is 0 Å². The van der Waals surface area contributed by atoms with Crippen LogP contribution in [0.2, 0.25) is 0 Å². The molecule has 0 aliphatic carbocycles. The first kappa shape index (κ1) is 17.0. The highest BCUT2D eigenvalue weighted by atomic mass is 32.1. The van der Waals surface area contributed by atoms with E-state index in [4.69, 9.17) is 0 Å². The van der Waals surface area contributed by atoms with Crippen LogP contribution in [0, 0.1) is 0 Å². The van der Waals surface area contributed by atoms with Crippen LogP contribution < -0.4 is 9.13 Å². The Morgan fingerprint density at radius 2 is 1.00 bits per heavy atom. The van der Waals surface area contributed by atoms with Crippen LogP contribution >= 0.6 is 22.7 Å². The van der Waals surface area contributed by atoms with Crippen molar-refractivity contribution in [1.82, 2.24) is 0 Å². The lowest BCUT2D eigenvalue weighted by Gasteiger charge is -2.06. The molecule has 2 nitrogen and oxygen atoms in total. The molecule has 134 valence electrons. The zero-order chi connectivity index (χ0) is 18.8. The van der Waals surface area contributed by atoms with E-state index >= 15 is 0 Å². The maximum Gasteiger partial charge on any atom is 0.230 e. The molecule has 0 amide bonds. The molecule has 2 heterocycles. The van der Waals surface area contributed by atoms with E-state index in [0.29, 0.717) is 0 Å². The number of aromatic nitrogens is 2. The highest BCUT2D eigenvalue weighted by Crippen LogP contribution is 2.27. The van der Waals surface area contributed by atoms with Gasteiger partial charge in [-0.25, -0.2) is 0 Å². The van der Waals surface area contributed by atoms with Gasteiger partial charge in [0, 0.05) is 12.1 Å². The van der Waals surface area contributed by atoms with E-state index in [2.05, 4.69) is 116 Å². The summed E-state index contributed by atoms with van der Waals surface area (Å²) in [6, 6.07) is 26.0. The van der Waals surface area contributed by atoms with Crippen molar-refractivity contribution in [2.75, 3.05) is 0 Å². The maximum atomic E-state index is 2.25. The molecule has 0 saturated carbocycles. The molecule has 3 aromatic carbocycles. The Labute approximate surface area is 172 Å². The van der Waals surface area contributed by atoms with Crippen LogP contribution in [-0.2, 0) is 0 Å². The zero-order valence-corrected chi connectivity index (χ0v) is 16.7. The summed E-state index contributed by atoms with van der Waals surface area (Å²) in [7, 11) is 0. The third kappa shape index (κ3) is 3.40. The Morgan fingerprint density at radius 3 is 1.50 bits per heavy atom. The second-order valence-corrected chi connectivity index (χ2v) is 8.06. The van der Waals surface area contributed by atoms with E-state index in [1.807, 2.05) is 0 Å². The Kier molecular flexibility index (Phi) is 4.57. The van der Waals surface area contributed by atoms with Gasteiger partial charge in [-0.2, -0.15) is 9.13 Å². The summed E-state index contributed by atoms with van der Waals surface area (Å²) in [4.78, 5) is 0. The van der Waals surface area contributed by atoms with E-state index in [9.17, 15) is 0 Å². The average molecular weight is 399 g/mol. The summed E-state index contributed by atoms with van der Waals surface area (Å²) in [5.74, 6) is 0. The van der Waals surface area contributed by atoms with Crippen molar-refractivity contribution in [3.8, 4) is 33.6 Å². The average Bonchev–Trinajstić information content (AvgIpc) is 3.48. The number of hydrogen-bond acceptors (Lipinski definition) is 2. The van der Waals surface area contributed by atoms with Crippen molar-refractivity contribution in [3.63, 3.8) is 0 Å². The Bertz CT molecular complexity index is 1130. The first-order valence-corrected chi connectivity index (χ1v) is 10.9. The van der Waals surface area contributed by atoms with Gasteiger partial charge in [-0.3, -0.25) is 0 Å². The van der Waals surface area contributed by atoms with Crippen molar-refractivity contribution in [3.05, 3.63) is 107 Å². The second-order valence-electron chi connectivity index (χ2n) is 6.55. The van der Waals surface area contributed by atoms with Crippen LogP contribution in [-0.4, -0.2) is 0 Å². The zero-order valence-electron chi connectivity index (χ0n) is 15.1. The van der Waals surface area contributed by atoms with Gasteiger partial charge >= 0.3 is 0 Å². The quantitative estimate of drug-likeness (QED) is 0.343. The highest BCUT2D eigenvalue weighted by molar-refractivity contribution is 7.07. The first-order chi connectivity index (χ1) is 13.9. The van der Waals surface area contributed by atoms with Gasteiger partial charge in [-0.1, -0.05) is 77.3 Å². The van der Waals surface area contributed by atoms with E-state index in [0.717, 1.165) is 0 Å². The molecule has 0 N–H and O–H groups in total. The topological polar surface area (TPSA) is 7.76 Å². The molecule has 0 aliphatic rings. The predicted octanol–water partition coefficient (Wildman–Crippen LogP) is 5.70. The highest BCUT2D eigenvalue weighted by Gasteiger charge is 2.16. The molecule has 4 heteroatoms. The fourth-order valence-corrected chi connectivity index (χ4v) is 4.50. The molecule has 0 radical (unpaired) electrons. The van der Waals surface area contributed by atoms with E-state index in [1.165, 1.54) is 33.6 Å². The summed E-state index contributed by atoms with van der Waals surface area (Å²) in [6.45, 7) is 0. The summed E-state index contributed by atoms with van der Waals surface area (Å²) in [6.07, 6.45) is 4.20. The third-order valence-electron chi connectivity index (χ3n) is 4.77. The predicted molar refractivity (Wildman–Crippen MR) is 116 cm³/mol. The fraction of sp³-hybridized carbons (Fsp3) is 0. The molecule has 0 aliphatic heterocycles. The third-order valence-corrected chi connectivity index (χ3v) is 6.03. The molecule has 0 atom stereocenters. The van der Waals surface area contributed by atoms with E-state index in [-0.39, 0.29) is 0 Å².